The van der Waals surface area contributed by atoms with Crippen LogP contribution in [-0.2, 0) is 6.54 Å². The second-order valence-corrected chi connectivity index (χ2v) is 3.56. The molecule has 0 aliphatic heterocycles. The highest BCUT2D eigenvalue weighted by molar-refractivity contribution is 5.42. The van der Waals surface area contributed by atoms with Crippen LogP contribution in [0.15, 0.2) is 12.4 Å². The molecule has 0 atom stereocenters. The van der Waals surface area contributed by atoms with Crippen LogP contribution in [0.25, 0.3) is 0 Å². The van der Waals surface area contributed by atoms with Crippen molar-refractivity contribution in [2.75, 3.05) is 18.5 Å². The molecule has 0 amide bonds. The summed E-state index contributed by atoms with van der Waals surface area (Å²) in [6.45, 7) is 1.53. The quantitative estimate of drug-likeness (QED) is 0.504. The van der Waals surface area contributed by atoms with Gasteiger partial charge < -0.3 is 21.3 Å². The van der Waals surface area contributed by atoms with Crippen LogP contribution in [0, 0.1) is 0 Å². The summed E-state index contributed by atoms with van der Waals surface area (Å²) in [7, 11) is 0. The summed E-state index contributed by atoms with van der Waals surface area (Å²) >= 11 is 0. The molecular weight excluding hydrogens is 196 g/mol. The number of aliphatic hydroxyl groups is 2. The maximum atomic E-state index is 9.11. The molecule has 1 heterocycles. The molecule has 84 valence electrons. The van der Waals surface area contributed by atoms with Gasteiger partial charge in [0.05, 0.1) is 24.4 Å². The number of aromatic nitrogens is 2. The van der Waals surface area contributed by atoms with Gasteiger partial charge in [-0.3, -0.25) is 4.98 Å². The Morgan fingerprint density at radius 3 is 2.47 bits per heavy atom. The molecule has 0 aliphatic carbocycles. The van der Waals surface area contributed by atoms with E-state index in [1.807, 2.05) is 0 Å². The Labute approximate surface area is 88.2 Å². The fraction of sp³-hybridized carbons (Fsp3) is 0.556. The number of aliphatic hydroxyl groups excluding tert-OH is 2. The van der Waals surface area contributed by atoms with Gasteiger partial charge in [-0.1, -0.05) is 0 Å². The molecule has 1 aromatic heterocycles. The number of rotatable bonds is 5. The average molecular weight is 212 g/mol. The number of hydrogen-bond acceptors (Lipinski definition) is 6. The van der Waals surface area contributed by atoms with E-state index < -0.39 is 5.54 Å². The van der Waals surface area contributed by atoms with E-state index in [-0.39, 0.29) is 19.8 Å². The maximum Gasteiger partial charge on any atom is 0.149 e. The molecule has 0 aliphatic rings. The van der Waals surface area contributed by atoms with Crippen molar-refractivity contribution in [3.05, 3.63) is 18.1 Å². The van der Waals surface area contributed by atoms with E-state index in [4.69, 9.17) is 15.9 Å². The molecule has 5 N–H and O–H groups in total. The van der Waals surface area contributed by atoms with Crippen LogP contribution < -0.4 is 11.1 Å². The van der Waals surface area contributed by atoms with E-state index in [9.17, 15) is 0 Å². The minimum atomic E-state index is -0.819. The van der Waals surface area contributed by atoms with Crippen molar-refractivity contribution in [2.45, 2.75) is 19.0 Å². The lowest BCUT2D eigenvalue weighted by Crippen LogP contribution is -2.43. The average Bonchev–Trinajstić information content (AvgIpc) is 2.29. The minimum Gasteiger partial charge on any atom is -0.394 e. The summed E-state index contributed by atoms with van der Waals surface area (Å²) in [6.07, 6.45) is 3.07. The van der Waals surface area contributed by atoms with Gasteiger partial charge in [0.1, 0.15) is 5.82 Å². The van der Waals surface area contributed by atoms with Crippen LogP contribution in [0.5, 0.6) is 0 Å². The zero-order valence-corrected chi connectivity index (χ0v) is 8.64. The molecule has 6 heteroatoms. The molecule has 1 aromatic rings. The topological polar surface area (TPSA) is 104 Å². The van der Waals surface area contributed by atoms with Crippen molar-refractivity contribution in [3.63, 3.8) is 0 Å². The Morgan fingerprint density at radius 2 is 1.93 bits per heavy atom. The molecule has 0 saturated carbocycles. The Hall–Kier alpha value is -1.24. The number of nitrogens with two attached hydrogens (primary N) is 1. The van der Waals surface area contributed by atoms with Gasteiger partial charge in [0, 0.05) is 18.9 Å². The highest BCUT2D eigenvalue weighted by Gasteiger charge is 2.23. The second-order valence-electron chi connectivity index (χ2n) is 3.56. The maximum absolute atomic E-state index is 9.11. The van der Waals surface area contributed by atoms with Gasteiger partial charge in [-0.05, 0) is 6.92 Å². The summed E-state index contributed by atoms with van der Waals surface area (Å²) in [5.74, 6) is 0.491. The number of hydrogen-bond donors (Lipinski definition) is 4. The summed E-state index contributed by atoms with van der Waals surface area (Å²) in [6, 6.07) is 0. The fourth-order valence-electron chi connectivity index (χ4n) is 1.04. The lowest BCUT2D eigenvalue weighted by molar-refractivity contribution is 0.147. The van der Waals surface area contributed by atoms with E-state index in [0.717, 1.165) is 0 Å². The van der Waals surface area contributed by atoms with Gasteiger partial charge in [0.25, 0.3) is 0 Å². The third-order valence-electron chi connectivity index (χ3n) is 2.09. The molecule has 0 fully saturated rings. The SMILES string of the molecule is CC(CO)(CO)Nc1nccnc1CN. The zero-order chi connectivity index (χ0) is 11.3. The minimum absolute atomic E-state index is 0.204. The van der Waals surface area contributed by atoms with Crippen LogP contribution >= 0.6 is 0 Å². The standard InChI is InChI=1S/C9H16N4O2/c1-9(5-14,6-15)13-8-7(4-10)11-2-3-12-8/h2-3,14-15H,4-6,10H2,1H3,(H,12,13). The van der Waals surface area contributed by atoms with E-state index in [2.05, 4.69) is 15.3 Å². The van der Waals surface area contributed by atoms with E-state index in [1.165, 1.54) is 6.20 Å². The van der Waals surface area contributed by atoms with Crippen molar-refractivity contribution in [1.82, 2.24) is 9.97 Å². The first-order chi connectivity index (χ1) is 7.15. The molecule has 0 aromatic carbocycles. The molecule has 0 saturated heterocycles. The van der Waals surface area contributed by atoms with Crippen molar-refractivity contribution in [3.8, 4) is 0 Å². The number of nitrogens with one attached hydrogen (secondary N) is 1. The first-order valence-corrected chi connectivity index (χ1v) is 4.65. The summed E-state index contributed by atoms with van der Waals surface area (Å²) < 4.78 is 0. The molecule has 0 unspecified atom stereocenters. The van der Waals surface area contributed by atoms with Crippen molar-refractivity contribution in [1.29, 1.82) is 0 Å². The van der Waals surface area contributed by atoms with Crippen LogP contribution in [0.4, 0.5) is 5.82 Å². The van der Waals surface area contributed by atoms with Gasteiger partial charge in [0.15, 0.2) is 0 Å². The smallest absolute Gasteiger partial charge is 0.149 e. The molecule has 0 spiro atoms. The highest BCUT2D eigenvalue weighted by atomic mass is 16.3. The lowest BCUT2D eigenvalue weighted by atomic mass is 10.1. The molecule has 6 nitrogen and oxygen atoms in total. The van der Waals surface area contributed by atoms with Crippen LogP contribution in [-0.4, -0.2) is 38.9 Å². The van der Waals surface area contributed by atoms with Gasteiger partial charge in [-0.15, -0.1) is 0 Å². The van der Waals surface area contributed by atoms with Crippen LogP contribution in [0.1, 0.15) is 12.6 Å². The number of anilines is 1. The van der Waals surface area contributed by atoms with E-state index in [0.29, 0.717) is 11.5 Å². The summed E-state index contributed by atoms with van der Waals surface area (Å²) in [4.78, 5) is 8.09. The molecule has 1 rings (SSSR count). The highest BCUT2D eigenvalue weighted by Crippen LogP contribution is 2.14. The fourth-order valence-corrected chi connectivity index (χ4v) is 1.04. The largest absolute Gasteiger partial charge is 0.394 e. The predicted octanol–water partition coefficient (Wildman–Crippen LogP) is -0.909. The normalized spacial score (nSPS) is 11.5. The molecule has 15 heavy (non-hydrogen) atoms. The third kappa shape index (κ3) is 2.85. The van der Waals surface area contributed by atoms with Gasteiger partial charge in [-0.25, -0.2) is 4.98 Å². The van der Waals surface area contributed by atoms with Crippen molar-refractivity contribution in [2.24, 2.45) is 5.73 Å². The van der Waals surface area contributed by atoms with E-state index in [1.54, 1.807) is 13.1 Å². The Balaban J connectivity index is 2.87. The van der Waals surface area contributed by atoms with Crippen molar-refractivity contribution < 1.29 is 10.2 Å². The molecule has 0 radical (unpaired) electrons. The van der Waals surface area contributed by atoms with Crippen molar-refractivity contribution >= 4 is 5.82 Å². The van der Waals surface area contributed by atoms with Crippen LogP contribution in [0.2, 0.25) is 0 Å². The zero-order valence-electron chi connectivity index (χ0n) is 8.64. The van der Waals surface area contributed by atoms with Gasteiger partial charge in [-0.2, -0.15) is 0 Å². The summed E-state index contributed by atoms with van der Waals surface area (Å²) in [5, 5.41) is 21.1. The third-order valence-corrected chi connectivity index (χ3v) is 2.09. The Morgan fingerprint density at radius 1 is 1.33 bits per heavy atom. The monoisotopic (exact) mass is 212 g/mol. The number of nitrogens with zero attached hydrogens (tertiary/aromatic N) is 2. The molecular formula is C9H16N4O2. The van der Waals surface area contributed by atoms with E-state index >= 15 is 0 Å². The van der Waals surface area contributed by atoms with Crippen LogP contribution in [0.3, 0.4) is 0 Å². The first kappa shape index (κ1) is 11.8. The molecule has 0 bridgehead atoms. The lowest BCUT2D eigenvalue weighted by Gasteiger charge is -2.27. The Kier molecular flexibility index (Phi) is 3.96. The first-order valence-electron chi connectivity index (χ1n) is 4.65. The predicted molar refractivity (Wildman–Crippen MR) is 56.1 cm³/mol. The second kappa shape index (κ2) is 5.01. The van der Waals surface area contributed by atoms with Gasteiger partial charge >= 0.3 is 0 Å². The van der Waals surface area contributed by atoms with Gasteiger partial charge in [0.2, 0.25) is 0 Å². The summed E-state index contributed by atoms with van der Waals surface area (Å²) in [5.41, 5.74) is 5.27. The Bertz CT molecular complexity index is 315.